The Bertz CT molecular complexity index is 409. The molecule has 0 spiro atoms. The van der Waals surface area contributed by atoms with Crippen LogP contribution in [-0.4, -0.2) is 37.5 Å². The largest absolute Gasteiger partial charge is 0.354 e. The predicted molar refractivity (Wildman–Crippen MR) is 91.1 cm³/mol. The highest BCUT2D eigenvalue weighted by Crippen LogP contribution is 2.16. The average molecular weight is 334 g/mol. The van der Waals surface area contributed by atoms with Gasteiger partial charge in [-0.1, -0.05) is 30.3 Å². The number of carbonyl (C=O) groups excluding carboxylic acids is 1. The van der Waals surface area contributed by atoms with Gasteiger partial charge in [-0.05, 0) is 38.5 Å². The molecule has 1 amide bonds. The fourth-order valence-electron chi connectivity index (χ4n) is 2.44. The molecule has 1 aliphatic heterocycles. The summed E-state index contributed by atoms with van der Waals surface area (Å²) < 4.78 is 0. The van der Waals surface area contributed by atoms with Crippen molar-refractivity contribution >= 4 is 30.7 Å². The van der Waals surface area contributed by atoms with Crippen molar-refractivity contribution in [2.45, 2.75) is 18.9 Å². The van der Waals surface area contributed by atoms with Crippen molar-refractivity contribution in [2.24, 2.45) is 11.7 Å². The van der Waals surface area contributed by atoms with Crippen molar-refractivity contribution < 1.29 is 4.79 Å². The number of hydrogen-bond acceptors (Lipinski definition) is 3. The standard InChI is InChI=1S/C15H23N3O.2ClH/c1-18-9-7-13(8-10-18)15(19)17-11-14(16)12-5-3-2-4-6-12;;/h2-6,13-14H,7-11,16H2,1H3,(H,17,19);2*1H. The molecule has 2 rings (SSSR count). The molecule has 0 saturated carbocycles. The van der Waals surface area contributed by atoms with E-state index in [1.807, 2.05) is 30.3 Å². The summed E-state index contributed by atoms with van der Waals surface area (Å²) in [5, 5.41) is 2.98. The monoisotopic (exact) mass is 333 g/mol. The molecule has 120 valence electrons. The number of nitrogens with two attached hydrogens (primary N) is 1. The van der Waals surface area contributed by atoms with Gasteiger partial charge in [0, 0.05) is 18.5 Å². The molecular formula is C15H25Cl2N3O. The highest BCUT2D eigenvalue weighted by atomic mass is 35.5. The molecule has 1 unspecified atom stereocenters. The van der Waals surface area contributed by atoms with Gasteiger partial charge < -0.3 is 16.0 Å². The summed E-state index contributed by atoms with van der Waals surface area (Å²) in [4.78, 5) is 14.3. The van der Waals surface area contributed by atoms with Gasteiger partial charge >= 0.3 is 0 Å². The minimum Gasteiger partial charge on any atom is -0.354 e. The van der Waals surface area contributed by atoms with Crippen LogP contribution in [0.5, 0.6) is 0 Å². The van der Waals surface area contributed by atoms with Gasteiger partial charge in [0.05, 0.1) is 0 Å². The fourth-order valence-corrected chi connectivity index (χ4v) is 2.44. The summed E-state index contributed by atoms with van der Waals surface area (Å²) >= 11 is 0. The number of likely N-dealkylation sites (tertiary alicyclic amines) is 1. The van der Waals surface area contributed by atoms with Crippen LogP contribution in [0.15, 0.2) is 30.3 Å². The third kappa shape index (κ3) is 6.22. The van der Waals surface area contributed by atoms with E-state index < -0.39 is 0 Å². The van der Waals surface area contributed by atoms with E-state index in [2.05, 4.69) is 17.3 Å². The van der Waals surface area contributed by atoms with Crippen molar-refractivity contribution in [3.05, 3.63) is 35.9 Å². The molecule has 4 nitrogen and oxygen atoms in total. The average Bonchev–Trinajstić information content (AvgIpc) is 2.46. The van der Waals surface area contributed by atoms with Crippen LogP contribution >= 0.6 is 24.8 Å². The van der Waals surface area contributed by atoms with Crippen LogP contribution in [0.25, 0.3) is 0 Å². The second-order valence-electron chi connectivity index (χ2n) is 5.34. The van der Waals surface area contributed by atoms with Gasteiger partial charge in [0.1, 0.15) is 0 Å². The minimum absolute atomic E-state index is 0. The highest BCUT2D eigenvalue weighted by Gasteiger charge is 2.23. The first-order valence-corrected chi connectivity index (χ1v) is 6.93. The van der Waals surface area contributed by atoms with Crippen LogP contribution in [0.1, 0.15) is 24.4 Å². The number of halogens is 2. The van der Waals surface area contributed by atoms with Gasteiger partial charge in [0.2, 0.25) is 5.91 Å². The van der Waals surface area contributed by atoms with E-state index in [1.54, 1.807) is 0 Å². The zero-order chi connectivity index (χ0) is 13.7. The Labute approximate surface area is 139 Å². The minimum atomic E-state index is -0.128. The van der Waals surface area contributed by atoms with E-state index >= 15 is 0 Å². The van der Waals surface area contributed by atoms with Crippen molar-refractivity contribution in [2.75, 3.05) is 26.7 Å². The number of piperidine rings is 1. The molecule has 0 aromatic heterocycles. The maximum atomic E-state index is 12.1. The van der Waals surface area contributed by atoms with Gasteiger partial charge in [-0.3, -0.25) is 4.79 Å². The zero-order valence-electron chi connectivity index (χ0n) is 12.3. The quantitative estimate of drug-likeness (QED) is 0.885. The zero-order valence-corrected chi connectivity index (χ0v) is 14.0. The molecule has 1 heterocycles. The Balaban J connectivity index is 0.00000200. The number of hydrogen-bond donors (Lipinski definition) is 2. The predicted octanol–water partition coefficient (Wildman–Crippen LogP) is 1.99. The van der Waals surface area contributed by atoms with E-state index in [-0.39, 0.29) is 42.7 Å². The maximum absolute atomic E-state index is 12.1. The van der Waals surface area contributed by atoms with Gasteiger partial charge in [-0.2, -0.15) is 0 Å². The van der Waals surface area contributed by atoms with Crippen LogP contribution in [0, 0.1) is 5.92 Å². The van der Waals surface area contributed by atoms with E-state index in [0.717, 1.165) is 31.5 Å². The van der Waals surface area contributed by atoms with Crippen LogP contribution in [0.2, 0.25) is 0 Å². The summed E-state index contributed by atoms with van der Waals surface area (Å²) in [6.07, 6.45) is 1.89. The smallest absolute Gasteiger partial charge is 0.223 e. The number of carbonyl (C=O) groups is 1. The molecule has 1 aromatic carbocycles. The molecule has 1 aliphatic rings. The van der Waals surface area contributed by atoms with Gasteiger partial charge in [-0.25, -0.2) is 0 Å². The molecule has 0 bridgehead atoms. The number of amides is 1. The molecule has 21 heavy (non-hydrogen) atoms. The molecule has 6 heteroatoms. The summed E-state index contributed by atoms with van der Waals surface area (Å²) in [5.74, 6) is 0.304. The van der Waals surface area contributed by atoms with E-state index in [9.17, 15) is 4.79 Å². The first kappa shape index (κ1) is 20.2. The molecular weight excluding hydrogens is 309 g/mol. The summed E-state index contributed by atoms with van der Waals surface area (Å²) in [6.45, 7) is 2.51. The van der Waals surface area contributed by atoms with Crippen molar-refractivity contribution in [1.82, 2.24) is 10.2 Å². The molecule has 1 aromatic rings. The number of benzene rings is 1. The Hall–Kier alpha value is -0.810. The summed E-state index contributed by atoms with van der Waals surface area (Å²) in [7, 11) is 2.10. The molecule has 1 atom stereocenters. The van der Waals surface area contributed by atoms with Gasteiger partial charge in [-0.15, -0.1) is 24.8 Å². The number of nitrogens with zero attached hydrogens (tertiary/aromatic N) is 1. The Kier molecular flexibility index (Phi) is 9.62. The third-order valence-corrected chi connectivity index (χ3v) is 3.81. The molecule has 0 aliphatic carbocycles. The lowest BCUT2D eigenvalue weighted by molar-refractivity contribution is -0.126. The summed E-state index contributed by atoms with van der Waals surface area (Å²) in [6, 6.07) is 9.75. The highest BCUT2D eigenvalue weighted by molar-refractivity contribution is 5.85. The van der Waals surface area contributed by atoms with Gasteiger partial charge in [0.15, 0.2) is 0 Å². The second kappa shape index (κ2) is 10.0. The molecule has 1 saturated heterocycles. The Morgan fingerprint density at radius 2 is 1.86 bits per heavy atom. The van der Waals surface area contributed by atoms with Crippen LogP contribution in [0.4, 0.5) is 0 Å². The SMILES string of the molecule is CN1CCC(C(=O)NCC(N)c2ccccc2)CC1.Cl.Cl. The first-order chi connectivity index (χ1) is 9.16. The van der Waals surface area contributed by atoms with Gasteiger partial charge in [0.25, 0.3) is 0 Å². The van der Waals surface area contributed by atoms with E-state index in [0.29, 0.717) is 6.54 Å². The Morgan fingerprint density at radius 1 is 1.29 bits per heavy atom. The summed E-state index contributed by atoms with van der Waals surface area (Å²) in [5.41, 5.74) is 7.13. The van der Waals surface area contributed by atoms with Crippen LogP contribution in [-0.2, 0) is 4.79 Å². The van der Waals surface area contributed by atoms with Crippen molar-refractivity contribution in [3.63, 3.8) is 0 Å². The topological polar surface area (TPSA) is 58.4 Å². The van der Waals surface area contributed by atoms with Crippen LogP contribution < -0.4 is 11.1 Å². The van der Waals surface area contributed by atoms with Crippen LogP contribution in [0.3, 0.4) is 0 Å². The lowest BCUT2D eigenvalue weighted by Crippen LogP contribution is -2.41. The number of rotatable bonds is 4. The fraction of sp³-hybridized carbons (Fsp3) is 0.533. The number of nitrogens with one attached hydrogen (secondary N) is 1. The molecule has 3 N–H and O–H groups in total. The van der Waals surface area contributed by atoms with Crippen molar-refractivity contribution in [3.8, 4) is 0 Å². The molecule has 0 radical (unpaired) electrons. The third-order valence-electron chi connectivity index (χ3n) is 3.81. The first-order valence-electron chi connectivity index (χ1n) is 6.93. The lowest BCUT2D eigenvalue weighted by atomic mass is 9.96. The maximum Gasteiger partial charge on any atom is 0.223 e. The van der Waals surface area contributed by atoms with E-state index in [1.165, 1.54) is 0 Å². The Morgan fingerprint density at radius 3 is 2.43 bits per heavy atom. The molecule has 1 fully saturated rings. The second-order valence-corrected chi connectivity index (χ2v) is 5.34. The normalized spacial score (nSPS) is 17.2. The van der Waals surface area contributed by atoms with E-state index in [4.69, 9.17) is 5.73 Å². The van der Waals surface area contributed by atoms with Crippen molar-refractivity contribution in [1.29, 1.82) is 0 Å². The lowest BCUT2D eigenvalue weighted by Gasteiger charge is -2.28.